The van der Waals surface area contributed by atoms with Crippen LogP contribution >= 0.6 is 0 Å². The van der Waals surface area contributed by atoms with Gasteiger partial charge in [0.05, 0.1) is 11.4 Å². The van der Waals surface area contributed by atoms with Crippen molar-refractivity contribution in [2.24, 2.45) is 0 Å². The molecule has 3 heterocycles. The molecule has 1 fully saturated rings. The van der Waals surface area contributed by atoms with E-state index in [9.17, 15) is 8.78 Å². The van der Waals surface area contributed by atoms with Crippen molar-refractivity contribution >= 4 is 16.8 Å². The molecule has 3 aromatic rings. The molecule has 7 heteroatoms. The maximum atomic E-state index is 14.4. The number of rotatable bonds is 2. The molecule has 0 aliphatic carbocycles. The molecule has 0 radical (unpaired) electrons. The molecule has 0 amide bonds. The van der Waals surface area contributed by atoms with Crippen LogP contribution in [0.3, 0.4) is 0 Å². The molecule has 0 atom stereocenters. The third-order valence-electron chi connectivity index (χ3n) is 4.75. The van der Waals surface area contributed by atoms with E-state index in [2.05, 4.69) is 15.1 Å². The molecule has 25 heavy (non-hydrogen) atoms. The SMILES string of the molecule is Cc1nc(C)c(F)c(N2CCC(c3noc4cc(F)ccc34)CC2)n1. The Morgan fingerprint density at radius 2 is 1.88 bits per heavy atom. The molecule has 0 saturated carbocycles. The number of halogens is 2. The minimum absolute atomic E-state index is 0.204. The van der Waals surface area contributed by atoms with Gasteiger partial charge in [-0.2, -0.15) is 0 Å². The van der Waals surface area contributed by atoms with Crippen LogP contribution in [0.1, 0.15) is 36.0 Å². The fourth-order valence-electron chi connectivity index (χ4n) is 3.48. The summed E-state index contributed by atoms with van der Waals surface area (Å²) in [5.74, 6) is 0.451. The second kappa shape index (κ2) is 6.06. The molecule has 1 saturated heterocycles. The van der Waals surface area contributed by atoms with Gasteiger partial charge in [0.2, 0.25) is 0 Å². The average Bonchev–Trinajstić information content (AvgIpc) is 3.01. The zero-order valence-corrected chi connectivity index (χ0v) is 14.1. The minimum Gasteiger partial charge on any atom is -0.356 e. The average molecular weight is 344 g/mol. The smallest absolute Gasteiger partial charge is 0.186 e. The van der Waals surface area contributed by atoms with Crippen LogP contribution in [-0.2, 0) is 0 Å². The van der Waals surface area contributed by atoms with Crippen molar-refractivity contribution in [1.29, 1.82) is 0 Å². The first-order valence-electron chi connectivity index (χ1n) is 8.33. The van der Waals surface area contributed by atoms with E-state index in [4.69, 9.17) is 4.52 Å². The number of anilines is 1. The number of hydrogen-bond donors (Lipinski definition) is 0. The van der Waals surface area contributed by atoms with E-state index in [-0.39, 0.29) is 17.6 Å². The second-order valence-electron chi connectivity index (χ2n) is 6.46. The highest BCUT2D eigenvalue weighted by Gasteiger charge is 2.27. The second-order valence-corrected chi connectivity index (χ2v) is 6.46. The van der Waals surface area contributed by atoms with Gasteiger partial charge in [0, 0.05) is 30.5 Å². The van der Waals surface area contributed by atoms with Gasteiger partial charge >= 0.3 is 0 Å². The van der Waals surface area contributed by atoms with Crippen molar-refractivity contribution in [3.63, 3.8) is 0 Å². The van der Waals surface area contributed by atoms with Crippen LogP contribution in [0.2, 0.25) is 0 Å². The number of fused-ring (bicyclic) bond motifs is 1. The number of hydrogen-bond acceptors (Lipinski definition) is 5. The Morgan fingerprint density at radius 3 is 2.64 bits per heavy atom. The molecular weight excluding hydrogens is 326 g/mol. The van der Waals surface area contributed by atoms with Gasteiger partial charge in [-0.3, -0.25) is 0 Å². The Labute approximate surface area is 143 Å². The normalized spacial score (nSPS) is 15.9. The molecule has 0 spiro atoms. The predicted octanol–water partition coefficient (Wildman–Crippen LogP) is 3.90. The van der Waals surface area contributed by atoms with E-state index < -0.39 is 0 Å². The van der Waals surface area contributed by atoms with Gasteiger partial charge in [0.15, 0.2) is 17.2 Å². The number of benzene rings is 1. The van der Waals surface area contributed by atoms with Gasteiger partial charge in [-0.25, -0.2) is 18.7 Å². The Hall–Kier alpha value is -2.57. The largest absolute Gasteiger partial charge is 0.356 e. The highest BCUT2D eigenvalue weighted by atomic mass is 19.1. The Morgan fingerprint density at radius 1 is 1.12 bits per heavy atom. The monoisotopic (exact) mass is 344 g/mol. The van der Waals surface area contributed by atoms with Crippen LogP contribution < -0.4 is 4.90 Å². The van der Waals surface area contributed by atoms with Crippen LogP contribution in [0.5, 0.6) is 0 Å². The van der Waals surface area contributed by atoms with Crippen molar-refractivity contribution in [3.05, 3.63) is 47.0 Å². The zero-order chi connectivity index (χ0) is 17.6. The standard InChI is InChI=1S/C18H18F2N4O/c1-10-16(20)18(22-11(2)21-10)24-7-5-12(6-8-24)17-14-4-3-13(19)9-15(14)25-23-17/h3-4,9,12H,5-8H2,1-2H3. The molecular formula is C18H18F2N4O. The summed E-state index contributed by atoms with van der Waals surface area (Å²) in [5, 5.41) is 4.99. The summed E-state index contributed by atoms with van der Waals surface area (Å²) in [6.07, 6.45) is 1.61. The first-order chi connectivity index (χ1) is 12.0. The number of piperidine rings is 1. The fourth-order valence-corrected chi connectivity index (χ4v) is 3.48. The van der Waals surface area contributed by atoms with Crippen molar-refractivity contribution in [3.8, 4) is 0 Å². The third kappa shape index (κ3) is 2.83. The quantitative estimate of drug-likeness (QED) is 0.706. The Bertz CT molecular complexity index is 932. The lowest BCUT2D eigenvalue weighted by Crippen LogP contribution is -2.34. The predicted molar refractivity (Wildman–Crippen MR) is 89.6 cm³/mol. The Kier molecular flexibility index (Phi) is 3.86. The summed E-state index contributed by atoms with van der Waals surface area (Å²) in [6.45, 7) is 4.77. The van der Waals surface area contributed by atoms with Crippen LogP contribution in [0.25, 0.3) is 11.0 Å². The highest BCUT2D eigenvalue weighted by molar-refractivity contribution is 5.80. The third-order valence-corrected chi connectivity index (χ3v) is 4.75. The van der Waals surface area contributed by atoms with Crippen molar-refractivity contribution in [2.75, 3.05) is 18.0 Å². The van der Waals surface area contributed by atoms with E-state index in [1.165, 1.54) is 12.1 Å². The first kappa shape index (κ1) is 15.9. The lowest BCUT2D eigenvalue weighted by molar-refractivity contribution is 0.414. The lowest BCUT2D eigenvalue weighted by Gasteiger charge is -2.32. The maximum Gasteiger partial charge on any atom is 0.186 e. The topological polar surface area (TPSA) is 55.1 Å². The van der Waals surface area contributed by atoms with E-state index in [0.717, 1.165) is 23.9 Å². The first-order valence-corrected chi connectivity index (χ1v) is 8.33. The number of aromatic nitrogens is 3. The molecule has 130 valence electrons. The van der Waals surface area contributed by atoms with E-state index in [1.54, 1.807) is 19.9 Å². The molecule has 0 bridgehead atoms. The molecule has 1 aromatic carbocycles. The van der Waals surface area contributed by atoms with Crippen LogP contribution in [0.4, 0.5) is 14.6 Å². The summed E-state index contributed by atoms with van der Waals surface area (Å²) in [5.41, 5.74) is 1.69. The van der Waals surface area contributed by atoms with Gasteiger partial charge in [-0.05, 0) is 38.8 Å². The lowest BCUT2D eigenvalue weighted by atomic mass is 9.91. The van der Waals surface area contributed by atoms with Gasteiger partial charge < -0.3 is 9.42 Å². The molecule has 2 aromatic heterocycles. The van der Waals surface area contributed by atoms with Gasteiger partial charge in [0.1, 0.15) is 11.6 Å². The van der Waals surface area contributed by atoms with Crippen molar-refractivity contribution < 1.29 is 13.3 Å². The van der Waals surface area contributed by atoms with Gasteiger partial charge in [-0.15, -0.1) is 0 Å². The molecule has 0 N–H and O–H groups in total. The summed E-state index contributed by atoms with van der Waals surface area (Å²) in [4.78, 5) is 10.3. The van der Waals surface area contributed by atoms with Crippen LogP contribution in [0.15, 0.2) is 22.7 Å². The molecule has 1 aliphatic rings. The fraction of sp³-hybridized carbons (Fsp3) is 0.389. The van der Waals surface area contributed by atoms with E-state index in [0.29, 0.717) is 36.0 Å². The van der Waals surface area contributed by atoms with Crippen molar-refractivity contribution in [1.82, 2.24) is 15.1 Å². The van der Waals surface area contributed by atoms with Crippen molar-refractivity contribution in [2.45, 2.75) is 32.6 Å². The highest BCUT2D eigenvalue weighted by Crippen LogP contribution is 2.34. The van der Waals surface area contributed by atoms with E-state index in [1.807, 2.05) is 4.90 Å². The summed E-state index contributed by atoms with van der Waals surface area (Å²) in [6, 6.07) is 4.47. The molecule has 5 nitrogen and oxygen atoms in total. The van der Waals surface area contributed by atoms with Crippen LogP contribution in [0, 0.1) is 25.5 Å². The van der Waals surface area contributed by atoms with Gasteiger partial charge in [-0.1, -0.05) is 5.16 Å². The number of nitrogens with zero attached hydrogens (tertiary/aromatic N) is 4. The minimum atomic E-state index is -0.355. The molecule has 0 unspecified atom stereocenters. The van der Waals surface area contributed by atoms with E-state index >= 15 is 0 Å². The molecule has 4 rings (SSSR count). The van der Waals surface area contributed by atoms with Crippen LogP contribution in [-0.4, -0.2) is 28.2 Å². The molecule has 1 aliphatic heterocycles. The summed E-state index contributed by atoms with van der Waals surface area (Å²) < 4.78 is 32.9. The number of aryl methyl sites for hydroxylation is 2. The maximum absolute atomic E-state index is 14.4. The summed E-state index contributed by atoms with van der Waals surface area (Å²) in [7, 11) is 0. The van der Waals surface area contributed by atoms with Gasteiger partial charge in [0.25, 0.3) is 0 Å². The zero-order valence-electron chi connectivity index (χ0n) is 14.1. The Balaban J connectivity index is 1.55. The summed E-state index contributed by atoms with van der Waals surface area (Å²) >= 11 is 0.